The molecule has 3 heteroatoms. The van der Waals surface area contributed by atoms with Gasteiger partial charge in [0.05, 0.1) is 0 Å². The molecule has 0 spiro atoms. The van der Waals surface area contributed by atoms with Crippen molar-refractivity contribution in [2.75, 3.05) is 0 Å². The van der Waals surface area contributed by atoms with Gasteiger partial charge in [-0.1, -0.05) is 55.4 Å². The van der Waals surface area contributed by atoms with Gasteiger partial charge in [-0.15, -0.1) is 0 Å². The third kappa shape index (κ3) is 8.78. The number of hydrogen-bond acceptors (Lipinski definition) is 0. The van der Waals surface area contributed by atoms with Crippen LogP contribution in [-0.4, -0.2) is 20.5 Å². The van der Waals surface area contributed by atoms with Gasteiger partial charge in [-0.2, -0.15) is 0 Å². The number of rotatable bonds is 7. The number of hydrogen-bond donors (Lipinski definition) is 0. The van der Waals surface area contributed by atoms with Crippen molar-refractivity contribution < 1.29 is 0 Å². The summed E-state index contributed by atoms with van der Waals surface area (Å²) < 4.78 is 0. The molecule has 0 saturated carbocycles. The van der Waals surface area contributed by atoms with Crippen molar-refractivity contribution in [1.29, 1.82) is 0 Å². The van der Waals surface area contributed by atoms with Crippen molar-refractivity contribution in [3.05, 3.63) is 9.85 Å². The van der Waals surface area contributed by atoms with Gasteiger partial charge < -0.3 is 0 Å². The lowest BCUT2D eigenvalue weighted by atomic mass is 10.1. The first kappa shape index (κ1) is 13.5. The minimum atomic E-state index is 1.15. The molecule has 0 atom stereocenters. The van der Waals surface area contributed by atoms with Crippen LogP contribution in [0.1, 0.15) is 51.9 Å². The maximum atomic E-state index is 6.10. The SMILES string of the molecule is CCCCCCCCC(Cl)=C([SiH3])[SiH3]. The van der Waals surface area contributed by atoms with Crippen molar-refractivity contribution in [2.24, 2.45) is 0 Å². The summed E-state index contributed by atoms with van der Waals surface area (Å²) in [7, 11) is 2.36. The van der Waals surface area contributed by atoms with Crippen LogP contribution >= 0.6 is 11.6 Å². The minimum absolute atomic E-state index is 1.15. The highest BCUT2D eigenvalue weighted by atomic mass is 35.5. The molecule has 0 aromatic heterocycles. The van der Waals surface area contributed by atoms with Crippen molar-refractivity contribution in [3.8, 4) is 0 Å². The Bertz CT molecular complexity index is 151. The van der Waals surface area contributed by atoms with Crippen LogP contribution in [0.5, 0.6) is 0 Å². The molecule has 0 saturated heterocycles. The van der Waals surface area contributed by atoms with Crippen LogP contribution in [-0.2, 0) is 0 Å². The van der Waals surface area contributed by atoms with Gasteiger partial charge in [0.1, 0.15) is 0 Å². The van der Waals surface area contributed by atoms with Crippen LogP contribution in [0.2, 0.25) is 0 Å². The molecule has 0 unspecified atom stereocenters. The van der Waals surface area contributed by atoms with E-state index in [2.05, 4.69) is 6.92 Å². The lowest BCUT2D eigenvalue weighted by Gasteiger charge is -2.02. The Morgan fingerprint density at radius 3 is 2.08 bits per heavy atom. The predicted octanol–water partition coefficient (Wildman–Crippen LogP) is 1.88. The monoisotopic (exact) mass is 234 g/mol. The van der Waals surface area contributed by atoms with E-state index in [1.165, 1.54) is 64.0 Å². The van der Waals surface area contributed by atoms with Gasteiger partial charge in [0, 0.05) is 25.5 Å². The van der Waals surface area contributed by atoms with Gasteiger partial charge in [-0.3, -0.25) is 0 Å². The average Bonchev–Trinajstić information content (AvgIpc) is 2.10. The molecule has 0 fully saturated rings. The summed E-state index contributed by atoms with van der Waals surface area (Å²) in [5, 5.41) is 1.19. The molecule has 0 aromatic rings. The van der Waals surface area contributed by atoms with Crippen molar-refractivity contribution >= 4 is 32.1 Å². The zero-order valence-electron chi connectivity index (χ0n) is 9.33. The second kappa shape index (κ2) is 9.04. The molecule has 0 amide bonds. The molecule has 13 heavy (non-hydrogen) atoms. The van der Waals surface area contributed by atoms with Gasteiger partial charge in [-0.05, 0) is 12.8 Å². The first-order valence-corrected chi connectivity index (χ1v) is 7.88. The Kier molecular flexibility index (Phi) is 9.36. The Morgan fingerprint density at radius 2 is 1.54 bits per heavy atom. The largest absolute Gasteiger partial charge is 0.0969 e. The molecule has 0 aliphatic carbocycles. The molecule has 0 bridgehead atoms. The number of allylic oxidation sites excluding steroid dienone is 1. The van der Waals surface area contributed by atoms with E-state index in [4.69, 9.17) is 11.6 Å². The fourth-order valence-corrected chi connectivity index (χ4v) is 1.94. The zero-order valence-corrected chi connectivity index (χ0v) is 14.1. The van der Waals surface area contributed by atoms with E-state index in [1.807, 2.05) is 0 Å². The Labute approximate surface area is 94.0 Å². The fraction of sp³-hybridized carbons (Fsp3) is 0.800. The normalized spacial score (nSPS) is 10.6. The maximum absolute atomic E-state index is 6.10. The van der Waals surface area contributed by atoms with Crippen molar-refractivity contribution in [2.45, 2.75) is 51.9 Å². The van der Waals surface area contributed by atoms with E-state index >= 15 is 0 Å². The molecular formula is C10H23ClSi2. The van der Waals surface area contributed by atoms with Gasteiger partial charge in [0.2, 0.25) is 0 Å². The van der Waals surface area contributed by atoms with E-state index in [-0.39, 0.29) is 0 Å². The zero-order chi connectivity index (χ0) is 10.1. The average molecular weight is 235 g/mol. The van der Waals surface area contributed by atoms with E-state index < -0.39 is 0 Å². The van der Waals surface area contributed by atoms with E-state index in [9.17, 15) is 0 Å². The molecule has 0 heterocycles. The Balaban J connectivity index is 3.22. The first-order chi connectivity index (χ1) is 6.18. The van der Waals surface area contributed by atoms with Crippen LogP contribution in [0.3, 0.4) is 0 Å². The molecule has 0 aromatic carbocycles. The first-order valence-electron chi connectivity index (χ1n) is 5.50. The summed E-state index contributed by atoms with van der Waals surface area (Å²) in [6.07, 6.45) is 9.36. The quantitative estimate of drug-likeness (QED) is 0.466. The van der Waals surface area contributed by atoms with E-state index in [1.54, 1.807) is 4.82 Å². The lowest BCUT2D eigenvalue weighted by molar-refractivity contribution is 0.610. The van der Waals surface area contributed by atoms with Gasteiger partial charge >= 0.3 is 0 Å². The maximum Gasteiger partial charge on any atom is 0.0286 e. The fourth-order valence-electron chi connectivity index (χ4n) is 1.31. The highest BCUT2D eigenvalue weighted by Gasteiger charge is 1.95. The lowest BCUT2D eigenvalue weighted by Crippen LogP contribution is -1.86. The third-order valence-electron chi connectivity index (χ3n) is 2.29. The second-order valence-corrected chi connectivity index (χ2v) is 9.38. The van der Waals surface area contributed by atoms with Crippen LogP contribution in [0.4, 0.5) is 0 Å². The van der Waals surface area contributed by atoms with Gasteiger partial charge in [0.25, 0.3) is 0 Å². The number of halogens is 1. The van der Waals surface area contributed by atoms with E-state index in [0.717, 1.165) is 6.42 Å². The number of unbranched alkanes of at least 4 members (excludes halogenated alkanes) is 5. The van der Waals surface area contributed by atoms with Gasteiger partial charge in [0.15, 0.2) is 0 Å². The summed E-state index contributed by atoms with van der Waals surface area (Å²) in [6.45, 7) is 2.26. The minimum Gasteiger partial charge on any atom is -0.0969 e. The smallest absolute Gasteiger partial charge is 0.0286 e. The van der Waals surface area contributed by atoms with Crippen LogP contribution in [0.25, 0.3) is 0 Å². The van der Waals surface area contributed by atoms with Crippen molar-refractivity contribution in [1.82, 2.24) is 0 Å². The molecule has 0 radical (unpaired) electrons. The highest BCUT2D eigenvalue weighted by molar-refractivity contribution is 6.52. The molecule has 0 nitrogen and oxygen atoms in total. The molecule has 0 N–H and O–H groups in total. The van der Waals surface area contributed by atoms with E-state index in [0.29, 0.717) is 0 Å². The molecule has 0 rings (SSSR count). The topological polar surface area (TPSA) is 0 Å². The summed E-state index contributed by atoms with van der Waals surface area (Å²) >= 11 is 6.10. The molecule has 0 aliphatic rings. The summed E-state index contributed by atoms with van der Waals surface area (Å²) in [5.41, 5.74) is 0. The van der Waals surface area contributed by atoms with Gasteiger partial charge in [-0.25, -0.2) is 0 Å². The highest BCUT2D eigenvalue weighted by Crippen LogP contribution is 2.15. The van der Waals surface area contributed by atoms with Crippen LogP contribution in [0, 0.1) is 0 Å². The molecule has 0 aliphatic heterocycles. The Morgan fingerprint density at radius 1 is 1.00 bits per heavy atom. The predicted molar refractivity (Wildman–Crippen MR) is 70.8 cm³/mol. The summed E-state index contributed by atoms with van der Waals surface area (Å²) in [5.74, 6) is 0. The van der Waals surface area contributed by atoms with Crippen LogP contribution < -0.4 is 0 Å². The molecule has 78 valence electrons. The third-order valence-corrected chi connectivity index (χ3v) is 4.70. The second-order valence-electron chi connectivity index (χ2n) is 3.92. The van der Waals surface area contributed by atoms with Crippen LogP contribution in [0.15, 0.2) is 9.85 Å². The Hall–Kier alpha value is 0.464. The molecular weight excluding hydrogens is 212 g/mol. The standard InChI is InChI=1S/C10H23ClSi2/c1-2-3-4-5-6-7-8-9(11)10(12)13/h2-8H2,1,12-13H3. The summed E-state index contributed by atoms with van der Waals surface area (Å²) in [4.78, 5) is 1.55. The van der Waals surface area contributed by atoms with Crippen molar-refractivity contribution in [3.63, 3.8) is 0 Å². The summed E-state index contributed by atoms with van der Waals surface area (Å²) in [6, 6.07) is 0.